The maximum absolute atomic E-state index is 14.4. The van der Waals surface area contributed by atoms with Gasteiger partial charge in [0.15, 0.2) is 0 Å². The summed E-state index contributed by atoms with van der Waals surface area (Å²) < 4.78 is 14.4. The Morgan fingerprint density at radius 2 is 1.68 bits per heavy atom. The van der Waals surface area contributed by atoms with E-state index in [-0.39, 0.29) is 11.7 Å². The Morgan fingerprint density at radius 1 is 0.955 bits per heavy atom. The van der Waals surface area contributed by atoms with Crippen LogP contribution in [0.15, 0.2) is 72.1 Å². The molecule has 0 aliphatic carbocycles. The first-order chi connectivity index (χ1) is 10.8. The fraction of sp³-hybridized carbons (Fsp3) is 0.111. The largest absolute Gasteiger partial charge is 0.244 e. The zero-order valence-electron chi connectivity index (χ0n) is 12.1. The lowest BCUT2D eigenvalue weighted by Gasteiger charge is -2.20. The molecule has 0 aliphatic rings. The number of benzene rings is 2. The van der Waals surface area contributed by atoms with Crippen LogP contribution in [0.4, 0.5) is 4.39 Å². The Kier molecular flexibility index (Phi) is 4.49. The van der Waals surface area contributed by atoms with Crippen molar-refractivity contribution in [2.45, 2.75) is 10.9 Å². The van der Waals surface area contributed by atoms with Gasteiger partial charge in [-0.1, -0.05) is 48.5 Å². The van der Waals surface area contributed by atoms with Gasteiger partial charge in [0.25, 0.3) is 0 Å². The van der Waals surface area contributed by atoms with Crippen molar-refractivity contribution in [1.29, 1.82) is 0 Å². The molecule has 0 bridgehead atoms. The van der Waals surface area contributed by atoms with Crippen molar-refractivity contribution >= 4 is 11.8 Å². The van der Waals surface area contributed by atoms with Crippen molar-refractivity contribution in [3.63, 3.8) is 0 Å². The van der Waals surface area contributed by atoms with Crippen molar-refractivity contribution in [3.05, 3.63) is 89.6 Å². The zero-order valence-corrected chi connectivity index (χ0v) is 12.9. The highest BCUT2D eigenvalue weighted by Crippen LogP contribution is 2.36. The SMILES string of the molecule is CSc1ncncc1[C@H](c1ccccc1)c1ccccc1F. The summed E-state index contributed by atoms with van der Waals surface area (Å²) in [5.74, 6) is -0.432. The van der Waals surface area contributed by atoms with E-state index in [0.717, 1.165) is 16.2 Å². The third kappa shape index (κ3) is 2.88. The molecule has 0 amide bonds. The predicted octanol–water partition coefficient (Wildman–Crippen LogP) is 4.52. The Hall–Kier alpha value is -2.20. The molecule has 1 heterocycles. The molecule has 0 fully saturated rings. The van der Waals surface area contributed by atoms with Crippen molar-refractivity contribution < 1.29 is 4.39 Å². The van der Waals surface area contributed by atoms with Crippen molar-refractivity contribution in [1.82, 2.24) is 9.97 Å². The molecule has 22 heavy (non-hydrogen) atoms. The van der Waals surface area contributed by atoms with Gasteiger partial charge in [-0.25, -0.2) is 14.4 Å². The van der Waals surface area contributed by atoms with Gasteiger partial charge in [0.2, 0.25) is 0 Å². The molecule has 3 aromatic rings. The molecule has 0 radical (unpaired) electrons. The second kappa shape index (κ2) is 6.71. The molecular formula is C18H15FN2S. The van der Waals surface area contributed by atoms with Gasteiger partial charge in [-0.05, 0) is 23.4 Å². The van der Waals surface area contributed by atoms with Crippen LogP contribution in [0, 0.1) is 5.82 Å². The Labute approximate surface area is 133 Å². The van der Waals surface area contributed by atoms with E-state index in [2.05, 4.69) is 9.97 Å². The van der Waals surface area contributed by atoms with E-state index in [1.165, 1.54) is 12.4 Å². The van der Waals surface area contributed by atoms with Gasteiger partial charge in [-0.15, -0.1) is 11.8 Å². The third-order valence-corrected chi connectivity index (χ3v) is 4.28. The maximum atomic E-state index is 14.4. The molecule has 2 nitrogen and oxygen atoms in total. The molecular weight excluding hydrogens is 295 g/mol. The Morgan fingerprint density at radius 3 is 2.41 bits per heavy atom. The zero-order chi connectivity index (χ0) is 15.4. The van der Waals surface area contributed by atoms with Gasteiger partial charge in [0, 0.05) is 17.7 Å². The quantitative estimate of drug-likeness (QED) is 0.523. The second-order valence-corrected chi connectivity index (χ2v) is 5.65. The van der Waals surface area contributed by atoms with Crippen LogP contribution in [0.3, 0.4) is 0 Å². The standard InChI is InChI=1S/C18H15FN2S/c1-22-18-15(11-20-12-21-18)17(13-7-3-2-4-8-13)14-9-5-6-10-16(14)19/h2-12,17H,1H3/t17-/m1/s1. The summed E-state index contributed by atoms with van der Waals surface area (Å²) in [7, 11) is 0. The Balaban J connectivity index is 2.22. The van der Waals surface area contributed by atoms with E-state index >= 15 is 0 Å². The topological polar surface area (TPSA) is 25.8 Å². The van der Waals surface area contributed by atoms with Crippen LogP contribution in [-0.2, 0) is 0 Å². The molecule has 3 rings (SSSR count). The molecule has 0 unspecified atom stereocenters. The van der Waals surface area contributed by atoms with Crippen LogP contribution < -0.4 is 0 Å². The molecule has 1 atom stereocenters. The lowest BCUT2D eigenvalue weighted by Crippen LogP contribution is -2.08. The molecule has 0 spiro atoms. The summed E-state index contributed by atoms with van der Waals surface area (Å²) in [5.41, 5.74) is 2.59. The van der Waals surface area contributed by atoms with Gasteiger partial charge < -0.3 is 0 Å². The minimum absolute atomic E-state index is 0.216. The maximum Gasteiger partial charge on any atom is 0.127 e. The first-order valence-corrected chi connectivity index (χ1v) is 8.17. The Bertz CT molecular complexity index is 762. The molecule has 0 saturated heterocycles. The monoisotopic (exact) mass is 310 g/mol. The fourth-order valence-corrected chi connectivity index (χ4v) is 3.14. The summed E-state index contributed by atoms with van der Waals surface area (Å²) >= 11 is 1.55. The van der Waals surface area contributed by atoms with Crippen LogP contribution in [0.25, 0.3) is 0 Å². The van der Waals surface area contributed by atoms with E-state index < -0.39 is 0 Å². The number of nitrogens with zero attached hydrogens (tertiary/aromatic N) is 2. The van der Waals surface area contributed by atoms with Gasteiger partial charge >= 0.3 is 0 Å². The smallest absolute Gasteiger partial charge is 0.127 e. The highest BCUT2D eigenvalue weighted by molar-refractivity contribution is 7.98. The number of hydrogen-bond donors (Lipinski definition) is 0. The van der Waals surface area contributed by atoms with E-state index in [0.29, 0.717) is 5.56 Å². The number of aromatic nitrogens is 2. The highest BCUT2D eigenvalue weighted by atomic mass is 32.2. The van der Waals surface area contributed by atoms with E-state index in [1.807, 2.05) is 48.7 Å². The predicted molar refractivity (Wildman–Crippen MR) is 87.6 cm³/mol. The van der Waals surface area contributed by atoms with Gasteiger partial charge in [-0.2, -0.15) is 0 Å². The lowest BCUT2D eigenvalue weighted by molar-refractivity contribution is 0.605. The number of rotatable bonds is 4. The molecule has 4 heteroatoms. The summed E-state index contributed by atoms with van der Waals surface area (Å²) in [4.78, 5) is 8.48. The van der Waals surface area contributed by atoms with E-state index in [1.54, 1.807) is 24.0 Å². The van der Waals surface area contributed by atoms with Gasteiger partial charge in [0.1, 0.15) is 17.2 Å². The van der Waals surface area contributed by atoms with Crippen molar-refractivity contribution in [2.75, 3.05) is 6.26 Å². The van der Waals surface area contributed by atoms with Gasteiger partial charge in [-0.3, -0.25) is 0 Å². The highest BCUT2D eigenvalue weighted by Gasteiger charge is 2.23. The average Bonchev–Trinajstić information content (AvgIpc) is 2.58. The molecule has 0 aliphatic heterocycles. The molecule has 1 aromatic heterocycles. The first kappa shape index (κ1) is 14.7. The fourth-order valence-electron chi connectivity index (χ4n) is 2.58. The molecule has 2 aromatic carbocycles. The first-order valence-electron chi connectivity index (χ1n) is 6.94. The van der Waals surface area contributed by atoms with E-state index in [9.17, 15) is 4.39 Å². The number of hydrogen-bond acceptors (Lipinski definition) is 3. The van der Waals surface area contributed by atoms with Crippen LogP contribution in [0.2, 0.25) is 0 Å². The molecule has 110 valence electrons. The van der Waals surface area contributed by atoms with Crippen LogP contribution in [0.1, 0.15) is 22.6 Å². The number of halogens is 1. The van der Waals surface area contributed by atoms with Crippen LogP contribution >= 0.6 is 11.8 Å². The summed E-state index contributed by atoms with van der Waals surface area (Å²) in [6.07, 6.45) is 5.27. The van der Waals surface area contributed by atoms with E-state index in [4.69, 9.17) is 0 Å². The van der Waals surface area contributed by atoms with Crippen molar-refractivity contribution in [2.24, 2.45) is 0 Å². The van der Waals surface area contributed by atoms with Crippen LogP contribution in [0.5, 0.6) is 0 Å². The summed E-state index contributed by atoms with van der Waals surface area (Å²) in [5, 5.41) is 0.868. The third-order valence-electron chi connectivity index (χ3n) is 3.56. The summed E-state index contributed by atoms with van der Waals surface area (Å²) in [6, 6.07) is 16.8. The van der Waals surface area contributed by atoms with Crippen molar-refractivity contribution in [3.8, 4) is 0 Å². The second-order valence-electron chi connectivity index (χ2n) is 4.85. The lowest BCUT2D eigenvalue weighted by atomic mass is 9.86. The van der Waals surface area contributed by atoms with Crippen LogP contribution in [-0.4, -0.2) is 16.2 Å². The normalized spacial score (nSPS) is 12.1. The average molecular weight is 310 g/mol. The van der Waals surface area contributed by atoms with Gasteiger partial charge in [0.05, 0.1) is 0 Å². The minimum Gasteiger partial charge on any atom is -0.244 e. The number of thioether (sulfide) groups is 1. The molecule has 0 saturated carbocycles. The minimum atomic E-state index is -0.217. The summed E-state index contributed by atoms with van der Waals surface area (Å²) in [6.45, 7) is 0. The molecule has 0 N–H and O–H groups in total.